The first-order valence-electron chi connectivity index (χ1n) is 8.88. The molecule has 1 atom stereocenters. The third-order valence-electron chi connectivity index (χ3n) is 3.89. The van der Waals surface area contributed by atoms with Crippen LogP contribution in [0.4, 0.5) is 5.69 Å². The first-order valence-corrected chi connectivity index (χ1v) is 8.88. The highest BCUT2D eigenvalue weighted by Crippen LogP contribution is 2.23. The monoisotopic (exact) mass is 327 g/mol. The van der Waals surface area contributed by atoms with E-state index in [1.165, 1.54) is 24.8 Å². The molecule has 0 radical (unpaired) electrons. The normalized spacial score (nSPS) is 12.2. The number of anilines is 1. The molecule has 0 fully saturated rings. The van der Waals surface area contributed by atoms with Gasteiger partial charge in [-0.1, -0.05) is 44.0 Å². The fraction of sp³-hybridized carbons (Fsp3) is 0.429. The van der Waals surface area contributed by atoms with Gasteiger partial charge in [-0.15, -0.1) is 0 Å². The Bertz CT molecular complexity index is 590. The zero-order valence-corrected chi connectivity index (χ0v) is 15.0. The molecular weight excluding hydrogens is 298 g/mol. The molecule has 2 rings (SSSR count). The lowest BCUT2D eigenvalue weighted by Crippen LogP contribution is -2.09. The zero-order valence-electron chi connectivity index (χ0n) is 15.0. The van der Waals surface area contributed by atoms with Crippen molar-refractivity contribution in [3.8, 4) is 5.75 Å². The minimum Gasteiger partial charge on any atom is -0.461 e. The minimum absolute atomic E-state index is 0.387. The predicted octanol–water partition coefficient (Wildman–Crippen LogP) is 5.31. The van der Waals surface area contributed by atoms with Gasteiger partial charge in [-0.2, -0.15) is 0 Å². The van der Waals surface area contributed by atoms with Gasteiger partial charge in [0.2, 0.25) is 6.29 Å². The molecule has 2 aromatic carbocycles. The molecule has 0 saturated heterocycles. The molecule has 0 bridgehead atoms. The van der Waals surface area contributed by atoms with Gasteiger partial charge in [0.15, 0.2) is 0 Å². The molecular formula is C21H29NO2. The largest absolute Gasteiger partial charge is 0.461 e. The van der Waals surface area contributed by atoms with Crippen molar-refractivity contribution >= 4 is 5.69 Å². The fourth-order valence-electron chi connectivity index (χ4n) is 2.59. The molecule has 3 nitrogen and oxygen atoms in total. The van der Waals surface area contributed by atoms with Crippen molar-refractivity contribution in [2.45, 2.75) is 58.8 Å². The second kappa shape index (κ2) is 9.33. The van der Waals surface area contributed by atoms with Crippen molar-refractivity contribution in [1.82, 2.24) is 0 Å². The Hall–Kier alpha value is -2.00. The Kier molecular flexibility index (Phi) is 7.13. The summed E-state index contributed by atoms with van der Waals surface area (Å²) in [6.45, 7) is 6.41. The van der Waals surface area contributed by atoms with Crippen LogP contribution >= 0.6 is 0 Å². The Labute approximate surface area is 145 Å². The lowest BCUT2D eigenvalue weighted by molar-refractivity contribution is -0.0194. The number of nitrogens with one attached hydrogen (secondary N) is 1. The Morgan fingerprint density at radius 2 is 1.62 bits per heavy atom. The van der Waals surface area contributed by atoms with Crippen molar-refractivity contribution in [1.29, 1.82) is 0 Å². The zero-order chi connectivity index (χ0) is 17.4. The van der Waals surface area contributed by atoms with Gasteiger partial charge in [0, 0.05) is 17.3 Å². The van der Waals surface area contributed by atoms with Crippen LogP contribution in [0.2, 0.25) is 0 Å². The van der Waals surface area contributed by atoms with Crippen LogP contribution in [-0.2, 0) is 6.42 Å². The highest BCUT2D eigenvalue weighted by Gasteiger charge is 2.09. The summed E-state index contributed by atoms with van der Waals surface area (Å²) in [5.41, 5.74) is 3.13. The Morgan fingerprint density at radius 1 is 0.958 bits per heavy atom. The first kappa shape index (κ1) is 18.3. The van der Waals surface area contributed by atoms with E-state index in [-0.39, 0.29) is 0 Å². The van der Waals surface area contributed by atoms with Gasteiger partial charge in [-0.25, -0.2) is 0 Å². The summed E-state index contributed by atoms with van der Waals surface area (Å²) in [5.74, 6) is 0.656. The number of hydrogen-bond acceptors (Lipinski definition) is 3. The van der Waals surface area contributed by atoms with Gasteiger partial charge in [-0.3, -0.25) is 0 Å². The number of unbranched alkanes of at least 4 members (excludes halogenated alkanes) is 2. The van der Waals surface area contributed by atoms with Crippen LogP contribution in [0.5, 0.6) is 5.75 Å². The van der Waals surface area contributed by atoms with Crippen molar-refractivity contribution in [3.05, 3.63) is 59.7 Å². The van der Waals surface area contributed by atoms with Crippen LogP contribution in [-0.4, -0.2) is 11.1 Å². The Morgan fingerprint density at radius 3 is 2.21 bits per heavy atom. The van der Waals surface area contributed by atoms with Crippen molar-refractivity contribution in [3.63, 3.8) is 0 Å². The SMILES string of the molecule is CCCCCc1ccc(C(O)Oc2ccc(NC(C)C)cc2)cc1. The molecule has 0 heterocycles. The van der Waals surface area contributed by atoms with E-state index >= 15 is 0 Å². The van der Waals surface area contributed by atoms with Crippen molar-refractivity contribution in [2.75, 3.05) is 5.32 Å². The molecule has 0 aliphatic rings. The summed E-state index contributed by atoms with van der Waals surface area (Å²) >= 11 is 0. The van der Waals surface area contributed by atoms with E-state index in [9.17, 15) is 5.11 Å². The molecule has 3 heteroatoms. The maximum absolute atomic E-state index is 10.3. The minimum atomic E-state index is -0.946. The van der Waals surface area contributed by atoms with E-state index < -0.39 is 6.29 Å². The van der Waals surface area contributed by atoms with E-state index in [0.29, 0.717) is 11.8 Å². The average molecular weight is 327 g/mol. The highest BCUT2D eigenvalue weighted by atomic mass is 16.6. The molecule has 1 unspecified atom stereocenters. The number of aliphatic hydroxyl groups is 1. The molecule has 0 aliphatic carbocycles. The van der Waals surface area contributed by atoms with Crippen molar-refractivity contribution in [2.24, 2.45) is 0 Å². The number of ether oxygens (including phenoxy) is 1. The number of benzene rings is 2. The lowest BCUT2D eigenvalue weighted by Gasteiger charge is -2.15. The topological polar surface area (TPSA) is 41.5 Å². The summed E-state index contributed by atoms with van der Waals surface area (Å²) in [4.78, 5) is 0. The van der Waals surface area contributed by atoms with Gasteiger partial charge in [-0.05, 0) is 56.5 Å². The standard InChI is InChI=1S/C21H29NO2/c1-4-5-6-7-17-8-10-18(11-9-17)21(23)24-20-14-12-19(13-15-20)22-16(2)3/h8-16,21-23H,4-7H2,1-3H3. The van der Waals surface area contributed by atoms with Crippen LogP contribution in [0, 0.1) is 0 Å². The predicted molar refractivity (Wildman–Crippen MR) is 100 cm³/mol. The van der Waals surface area contributed by atoms with Gasteiger partial charge in [0.25, 0.3) is 0 Å². The lowest BCUT2D eigenvalue weighted by atomic mass is 10.1. The van der Waals surface area contributed by atoms with E-state index in [1.807, 2.05) is 36.4 Å². The smallest absolute Gasteiger partial charge is 0.224 e. The summed E-state index contributed by atoms with van der Waals surface area (Å²) in [7, 11) is 0. The van der Waals surface area contributed by atoms with Crippen LogP contribution in [0.3, 0.4) is 0 Å². The molecule has 24 heavy (non-hydrogen) atoms. The maximum Gasteiger partial charge on any atom is 0.224 e. The van der Waals surface area contributed by atoms with E-state index in [4.69, 9.17) is 4.74 Å². The van der Waals surface area contributed by atoms with Gasteiger partial charge in [0.05, 0.1) is 0 Å². The maximum atomic E-state index is 10.3. The molecule has 2 aromatic rings. The molecule has 0 saturated carbocycles. The Balaban J connectivity index is 1.90. The summed E-state index contributed by atoms with van der Waals surface area (Å²) in [5, 5.41) is 13.6. The number of aliphatic hydroxyl groups excluding tert-OH is 1. The van der Waals surface area contributed by atoms with Crippen LogP contribution in [0.15, 0.2) is 48.5 Å². The van der Waals surface area contributed by atoms with Gasteiger partial charge >= 0.3 is 0 Å². The molecule has 0 spiro atoms. The quantitative estimate of drug-likeness (QED) is 0.484. The molecule has 0 amide bonds. The summed E-state index contributed by atoms with van der Waals surface area (Å²) in [6, 6.07) is 16.1. The number of rotatable bonds is 9. The summed E-state index contributed by atoms with van der Waals surface area (Å²) in [6.07, 6.45) is 3.85. The molecule has 130 valence electrons. The van der Waals surface area contributed by atoms with Gasteiger partial charge < -0.3 is 15.2 Å². The van der Waals surface area contributed by atoms with Crippen LogP contribution in [0.25, 0.3) is 0 Å². The second-order valence-electron chi connectivity index (χ2n) is 6.49. The van der Waals surface area contributed by atoms with E-state index in [0.717, 1.165) is 17.7 Å². The number of hydrogen-bond donors (Lipinski definition) is 2. The van der Waals surface area contributed by atoms with Crippen LogP contribution < -0.4 is 10.1 Å². The highest BCUT2D eigenvalue weighted by molar-refractivity contribution is 5.46. The van der Waals surface area contributed by atoms with Gasteiger partial charge in [0.1, 0.15) is 5.75 Å². The van der Waals surface area contributed by atoms with E-state index in [1.54, 1.807) is 0 Å². The van der Waals surface area contributed by atoms with E-state index in [2.05, 4.69) is 38.2 Å². The second-order valence-corrected chi connectivity index (χ2v) is 6.49. The summed E-state index contributed by atoms with van der Waals surface area (Å²) < 4.78 is 5.63. The third-order valence-corrected chi connectivity index (χ3v) is 3.89. The number of aryl methyl sites for hydroxylation is 1. The molecule has 0 aliphatic heterocycles. The molecule has 2 N–H and O–H groups in total. The average Bonchev–Trinajstić information content (AvgIpc) is 2.57. The first-order chi connectivity index (χ1) is 11.6. The fourth-order valence-corrected chi connectivity index (χ4v) is 2.59. The van der Waals surface area contributed by atoms with Crippen LogP contribution in [0.1, 0.15) is 57.5 Å². The van der Waals surface area contributed by atoms with Crippen molar-refractivity contribution < 1.29 is 9.84 Å². The third kappa shape index (κ3) is 5.89. The molecule has 0 aromatic heterocycles.